The van der Waals surface area contributed by atoms with Gasteiger partial charge >= 0.3 is 7.12 Å². The molecule has 0 saturated carbocycles. The van der Waals surface area contributed by atoms with E-state index in [0.29, 0.717) is 4.47 Å². The Labute approximate surface area is 78.9 Å². The molecule has 1 aromatic rings. The predicted molar refractivity (Wildman–Crippen MR) is 50.4 cm³/mol. The van der Waals surface area contributed by atoms with Crippen LogP contribution < -0.4 is 5.46 Å². The second-order valence-corrected chi connectivity index (χ2v) is 3.41. The third-order valence-electron chi connectivity index (χ3n) is 1.51. The first-order valence-corrected chi connectivity index (χ1v) is 4.17. The third kappa shape index (κ3) is 1.80. The number of hydrogen-bond acceptors (Lipinski definition) is 3. The van der Waals surface area contributed by atoms with E-state index in [4.69, 9.17) is 10.0 Å². The summed E-state index contributed by atoms with van der Waals surface area (Å²) in [5, 5.41) is 27.0. The van der Waals surface area contributed by atoms with Crippen molar-refractivity contribution in [1.29, 1.82) is 0 Å². The molecule has 0 radical (unpaired) electrons. The van der Waals surface area contributed by atoms with Crippen molar-refractivity contribution in [3.63, 3.8) is 0 Å². The van der Waals surface area contributed by atoms with Crippen LogP contribution in [0.25, 0.3) is 0 Å². The summed E-state index contributed by atoms with van der Waals surface area (Å²) in [5.74, 6) is -0.114. The minimum absolute atomic E-state index is 0.0978. The lowest BCUT2D eigenvalue weighted by molar-refractivity contribution is 0.419. The van der Waals surface area contributed by atoms with Gasteiger partial charge in [-0.3, -0.25) is 0 Å². The Morgan fingerprint density at radius 1 is 1.33 bits per heavy atom. The Bertz CT molecular complexity index is 278. The van der Waals surface area contributed by atoms with Crippen LogP contribution in [-0.2, 0) is 0 Å². The van der Waals surface area contributed by atoms with E-state index < -0.39 is 7.12 Å². The number of rotatable bonds is 1. The first-order chi connectivity index (χ1) is 5.52. The van der Waals surface area contributed by atoms with Gasteiger partial charge in [-0.1, -0.05) is 15.9 Å². The van der Waals surface area contributed by atoms with Gasteiger partial charge < -0.3 is 15.2 Å². The van der Waals surface area contributed by atoms with Crippen LogP contribution in [0, 0.1) is 6.92 Å². The third-order valence-corrected chi connectivity index (χ3v) is 2.17. The molecule has 1 aromatic carbocycles. The molecule has 0 aromatic heterocycles. The Balaban J connectivity index is 3.28. The molecule has 0 spiro atoms. The minimum Gasteiger partial charge on any atom is -0.508 e. The van der Waals surface area contributed by atoms with E-state index in [0.717, 1.165) is 5.56 Å². The molecule has 0 fully saturated rings. The number of phenols is 1. The van der Waals surface area contributed by atoms with Crippen LogP contribution in [0.5, 0.6) is 5.75 Å². The van der Waals surface area contributed by atoms with Crippen molar-refractivity contribution >= 4 is 28.5 Å². The molecule has 0 aliphatic rings. The molecule has 0 aliphatic carbocycles. The van der Waals surface area contributed by atoms with Gasteiger partial charge in [-0.05, 0) is 24.6 Å². The number of aryl methyl sites for hydroxylation is 1. The summed E-state index contributed by atoms with van der Waals surface area (Å²) in [6.45, 7) is 1.80. The topological polar surface area (TPSA) is 60.7 Å². The van der Waals surface area contributed by atoms with Crippen LogP contribution in [0.2, 0.25) is 0 Å². The van der Waals surface area contributed by atoms with E-state index in [9.17, 15) is 5.11 Å². The van der Waals surface area contributed by atoms with E-state index in [-0.39, 0.29) is 11.2 Å². The summed E-state index contributed by atoms with van der Waals surface area (Å²) >= 11 is 3.12. The molecule has 0 atom stereocenters. The number of aromatic hydroxyl groups is 1. The molecular formula is C7H8BBrO3. The number of halogens is 1. The maximum Gasteiger partial charge on any atom is 0.493 e. The number of hydrogen-bond donors (Lipinski definition) is 3. The highest BCUT2D eigenvalue weighted by Gasteiger charge is 2.19. The van der Waals surface area contributed by atoms with Gasteiger partial charge in [-0.15, -0.1) is 0 Å². The summed E-state index contributed by atoms with van der Waals surface area (Å²) in [6, 6.07) is 3.17. The van der Waals surface area contributed by atoms with Crippen molar-refractivity contribution in [3.05, 3.63) is 22.2 Å². The Morgan fingerprint density at radius 2 is 1.92 bits per heavy atom. The van der Waals surface area contributed by atoms with Crippen LogP contribution in [0.1, 0.15) is 5.56 Å². The van der Waals surface area contributed by atoms with Gasteiger partial charge in [0.05, 0.1) is 0 Å². The van der Waals surface area contributed by atoms with E-state index in [1.165, 1.54) is 6.07 Å². The molecule has 12 heavy (non-hydrogen) atoms. The van der Waals surface area contributed by atoms with E-state index >= 15 is 0 Å². The maximum atomic E-state index is 9.29. The van der Waals surface area contributed by atoms with Gasteiger partial charge in [0.1, 0.15) is 5.75 Å². The molecule has 0 unspecified atom stereocenters. The van der Waals surface area contributed by atoms with Crippen molar-refractivity contribution in [2.75, 3.05) is 0 Å². The fourth-order valence-electron chi connectivity index (χ4n) is 0.991. The van der Waals surface area contributed by atoms with Crippen LogP contribution in [0.4, 0.5) is 0 Å². The second-order valence-electron chi connectivity index (χ2n) is 2.55. The molecule has 64 valence electrons. The summed E-state index contributed by atoms with van der Waals surface area (Å²) in [7, 11) is -1.65. The molecule has 0 bridgehead atoms. The quantitative estimate of drug-likeness (QED) is 0.602. The SMILES string of the molecule is Cc1cc(O)c(B(O)O)c(Br)c1. The summed E-state index contributed by atoms with van der Waals surface area (Å²) in [6.07, 6.45) is 0. The zero-order valence-corrected chi connectivity index (χ0v) is 8.04. The normalized spacial score (nSPS) is 10.0. The average molecular weight is 231 g/mol. The Morgan fingerprint density at radius 3 is 2.33 bits per heavy atom. The van der Waals surface area contributed by atoms with Gasteiger partial charge in [0, 0.05) is 9.94 Å². The maximum absolute atomic E-state index is 9.29. The zero-order chi connectivity index (χ0) is 9.30. The Kier molecular flexibility index (Phi) is 2.77. The van der Waals surface area contributed by atoms with Gasteiger partial charge in [0.2, 0.25) is 0 Å². The zero-order valence-electron chi connectivity index (χ0n) is 6.45. The fraction of sp³-hybridized carbons (Fsp3) is 0.143. The van der Waals surface area contributed by atoms with E-state index in [2.05, 4.69) is 15.9 Å². The number of benzene rings is 1. The molecule has 0 saturated heterocycles. The van der Waals surface area contributed by atoms with Gasteiger partial charge in [-0.2, -0.15) is 0 Å². The van der Waals surface area contributed by atoms with Crippen LogP contribution in [-0.4, -0.2) is 22.3 Å². The summed E-state index contributed by atoms with van der Waals surface area (Å²) in [4.78, 5) is 0. The molecule has 5 heteroatoms. The molecule has 0 aliphatic heterocycles. The monoisotopic (exact) mass is 230 g/mol. The molecule has 1 rings (SSSR count). The van der Waals surface area contributed by atoms with Crippen LogP contribution in [0.3, 0.4) is 0 Å². The van der Waals surface area contributed by atoms with E-state index in [1.54, 1.807) is 13.0 Å². The first-order valence-electron chi connectivity index (χ1n) is 3.37. The Hall–Kier alpha value is -0.515. The standard InChI is InChI=1S/C7H8BBrO3/c1-4-2-5(9)7(8(11)12)6(10)3-4/h2-3,10-12H,1H3. The van der Waals surface area contributed by atoms with Gasteiger partial charge in [0.15, 0.2) is 0 Å². The van der Waals surface area contributed by atoms with E-state index in [1.807, 2.05) is 0 Å². The van der Waals surface area contributed by atoms with Crippen LogP contribution in [0.15, 0.2) is 16.6 Å². The van der Waals surface area contributed by atoms with Crippen molar-refractivity contribution < 1.29 is 15.2 Å². The molecule has 0 heterocycles. The van der Waals surface area contributed by atoms with Gasteiger partial charge in [-0.25, -0.2) is 0 Å². The lowest BCUT2D eigenvalue weighted by Gasteiger charge is -2.06. The van der Waals surface area contributed by atoms with Gasteiger partial charge in [0.25, 0.3) is 0 Å². The summed E-state index contributed by atoms with van der Waals surface area (Å²) < 4.78 is 0.495. The summed E-state index contributed by atoms with van der Waals surface area (Å²) in [5.41, 5.74) is 0.948. The fourth-order valence-corrected chi connectivity index (χ4v) is 1.76. The lowest BCUT2D eigenvalue weighted by atomic mass is 9.79. The highest BCUT2D eigenvalue weighted by molar-refractivity contribution is 9.10. The molecule has 0 amide bonds. The molecular weight excluding hydrogens is 223 g/mol. The van der Waals surface area contributed by atoms with Crippen molar-refractivity contribution in [1.82, 2.24) is 0 Å². The smallest absolute Gasteiger partial charge is 0.493 e. The highest BCUT2D eigenvalue weighted by atomic mass is 79.9. The first kappa shape index (κ1) is 9.57. The van der Waals surface area contributed by atoms with Crippen LogP contribution >= 0.6 is 15.9 Å². The minimum atomic E-state index is -1.65. The largest absolute Gasteiger partial charge is 0.508 e. The lowest BCUT2D eigenvalue weighted by Crippen LogP contribution is -2.31. The molecule has 3 N–H and O–H groups in total. The predicted octanol–water partition coefficient (Wildman–Crippen LogP) is 0.143. The van der Waals surface area contributed by atoms with Crippen molar-refractivity contribution in [2.45, 2.75) is 6.92 Å². The highest BCUT2D eigenvalue weighted by Crippen LogP contribution is 2.17. The van der Waals surface area contributed by atoms with Crippen molar-refractivity contribution in [2.24, 2.45) is 0 Å². The average Bonchev–Trinajstić information content (AvgIpc) is 1.82. The number of phenolic OH excluding ortho intramolecular Hbond substituents is 1. The molecule has 3 nitrogen and oxygen atoms in total. The van der Waals surface area contributed by atoms with Crippen molar-refractivity contribution in [3.8, 4) is 5.75 Å². The second kappa shape index (κ2) is 3.47.